The minimum absolute atomic E-state index is 0.371. The van der Waals surface area contributed by atoms with Gasteiger partial charge in [0.25, 0.3) is 0 Å². The second kappa shape index (κ2) is 3.90. The van der Waals surface area contributed by atoms with E-state index in [1.165, 1.54) is 5.56 Å². The highest BCUT2D eigenvalue weighted by atomic mass is 16.1. The Morgan fingerprint density at radius 1 is 1.54 bits per heavy atom. The molecule has 0 spiro atoms. The lowest BCUT2D eigenvalue weighted by atomic mass is 10.0. The van der Waals surface area contributed by atoms with E-state index in [1.807, 2.05) is 24.3 Å². The molecule has 0 aliphatic heterocycles. The first-order valence-electron chi connectivity index (χ1n) is 4.23. The highest BCUT2D eigenvalue weighted by Crippen LogP contribution is 2.13. The van der Waals surface area contributed by atoms with E-state index >= 15 is 0 Å². The zero-order chi connectivity index (χ0) is 9.84. The first-order chi connectivity index (χ1) is 6.15. The topological polar surface area (TPSA) is 43.1 Å². The van der Waals surface area contributed by atoms with E-state index < -0.39 is 5.91 Å². The molecular weight excluding hydrogens is 162 g/mol. The molecule has 0 saturated carbocycles. The van der Waals surface area contributed by atoms with Gasteiger partial charge in [0.2, 0.25) is 5.91 Å². The van der Waals surface area contributed by atoms with E-state index in [2.05, 4.69) is 13.5 Å². The Labute approximate surface area is 78.1 Å². The lowest BCUT2D eigenvalue weighted by Crippen LogP contribution is -2.11. The van der Waals surface area contributed by atoms with Crippen LogP contribution in [0.5, 0.6) is 0 Å². The summed E-state index contributed by atoms with van der Waals surface area (Å²) in [7, 11) is 0. The summed E-state index contributed by atoms with van der Waals surface area (Å²) < 4.78 is 0. The average molecular weight is 175 g/mol. The Balaban J connectivity index is 3.02. The van der Waals surface area contributed by atoms with Crippen molar-refractivity contribution in [2.24, 2.45) is 5.73 Å². The summed E-state index contributed by atoms with van der Waals surface area (Å²) in [4.78, 5) is 10.8. The number of benzene rings is 1. The third kappa shape index (κ3) is 2.18. The Morgan fingerprint density at radius 3 is 2.77 bits per heavy atom. The van der Waals surface area contributed by atoms with Crippen molar-refractivity contribution in [1.82, 2.24) is 0 Å². The fourth-order valence-electron chi connectivity index (χ4n) is 1.12. The largest absolute Gasteiger partial charge is 0.366 e. The number of carbonyl (C=O) groups is 1. The quantitative estimate of drug-likeness (QED) is 0.699. The molecule has 1 aromatic rings. The van der Waals surface area contributed by atoms with Crippen molar-refractivity contribution >= 4 is 11.5 Å². The van der Waals surface area contributed by atoms with Gasteiger partial charge in [0, 0.05) is 5.57 Å². The van der Waals surface area contributed by atoms with Crippen LogP contribution in [0.15, 0.2) is 30.8 Å². The second-order valence-electron chi connectivity index (χ2n) is 2.90. The third-order valence-electron chi connectivity index (χ3n) is 1.98. The van der Waals surface area contributed by atoms with E-state index in [-0.39, 0.29) is 0 Å². The zero-order valence-electron chi connectivity index (χ0n) is 7.71. The molecule has 0 unspecified atom stereocenters. The van der Waals surface area contributed by atoms with Crippen LogP contribution in [-0.2, 0) is 11.2 Å². The summed E-state index contributed by atoms with van der Waals surface area (Å²) in [5.74, 6) is -0.465. The third-order valence-corrected chi connectivity index (χ3v) is 1.98. The van der Waals surface area contributed by atoms with Crippen LogP contribution in [0.1, 0.15) is 18.1 Å². The maximum atomic E-state index is 10.8. The monoisotopic (exact) mass is 175 g/mol. The molecule has 0 bridgehead atoms. The predicted molar refractivity (Wildman–Crippen MR) is 54.0 cm³/mol. The van der Waals surface area contributed by atoms with E-state index in [4.69, 9.17) is 5.73 Å². The molecule has 1 amide bonds. The van der Waals surface area contributed by atoms with Crippen LogP contribution in [0, 0.1) is 0 Å². The van der Waals surface area contributed by atoms with Crippen LogP contribution in [0.2, 0.25) is 0 Å². The number of rotatable bonds is 3. The van der Waals surface area contributed by atoms with Gasteiger partial charge in [-0.1, -0.05) is 37.8 Å². The van der Waals surface area contributed by atoms with Gasteiger partial charge in [-0.15, -0.1) is 0 Å². The van der Waals surface area contributed by atoms with Gasteiger partial charge in [-0.3, -0.25) is 4.79 Å². The molecule has 0 fully saturated rings. The van der Waals surface area contributed by atoms with Crippen molar-refractivity contribution in [3.05, 3.63) is 42.0 Å². The molecule has 0 radical (unpaired) electrons. The van der Waals surface area contributed by atoms with Crippen molar-refractivity contribution < 1.29 is 4.79 Å². The van der Waals surface area contributed by atoms with E-state index in [0.717, 1.165) is 12.0 Å². The number of primary amides is 1. The molecule has 1 rings (SSSR count). The van der Waals surface area contributed by atoms with Crippen LogP contribution < -0.4 is 5.73 Å². The number of nitrogens with two attached hydrogens (primary N) is 1. The van der Waals surface area contributed by atoms with Crippen LogP contribution in [-0.4, -0.2) is 5.91 Å². The maximum Gasteiger partial charge on any atom is 0.248 e. The average Bonchev–Trinajstić information content (AvgIpc) is 2.16. The lowest BCUT2D eigenvalue weighted by molar-refractivity contribution is -0.112. The number of carbonyl (C=O) groups excluding carboxylic acids is 1. The van der Waals surface area contributed by atoms with Crippen molar-refractivity contribution in [2.45, 2.75) is 13.3 Å². The zero-order valence-corrected chi connectivity index (χ0v) is 7.71. The Morgan fingerprint density at radius 2 is 2.23 bits per heavy atom. The molecule has 2 heteroatoms. The first-order valence-corrected chi connectivity index (χ1v) is 4.23. The SMILES string of the molecule is C=C(C(N)=O)c1cccc(CC)c1. The van der Waals surface area contributed by atoms with Crippen LogP contribution in [0.4, 0.5) is 0 Å². The summed E-state index contributed by atoms with van der Waals surface area (Å²) in [6.45, 7) is 5.69. The lowest BCUT2D eigenvalue weighted by Gasteiger charge is -2.03. The second-order valence-corrected chi connectivity index (χ2v) is 2.90. The molecule has 1 aromatic carbocycles. The number of aryl methyl sites for hydroxylation is 1. The molecule has 0 heterocycles. The highest BCUT2D eigenvalue weighted by Gasteiger charge is 2.04. The van der Waals surface area contributed by atoms with Crippen LogP contribution in [0.3, 0.4) is 0 Å². The number of hydrogen-bond acceptors (Lipinski definition) is 1. The summed E-state index contributed by atoms with van der Waals surface area (Å²) in [5.41, 5.74) is 7.48. The van der Waals surface area contributed by atoms with Gasteiger partial charge in [0.05, 0.1) is 0 Å². The maximum absolute atomic E-state index is 10.8. The molecular formula is C11H13NO. The Bertz CT molecular complexity index is 342. The molecule has 68 valence electrons. The molecule has 13 heavy (non-hydrogen) atoms. The summed E-state index contributed by atoms with van der Waals surface area (Å²) in [5, 5.41) is 0. The molecule has 0 aromatic heterocycles. The van der Waals surface area contributed by atoms with Crippen molar-refractivity contribution in [3.8, 4) is 0 Å². The summed E-state index contributed by atoms with van der Waals surface area (Å²) >= 11 is 0. The molecule has 0 saturated heterocycles. The normalized spacial score (nSPS) is 9.62. The van der Waals surface area contributed by atoms with Gasteiger partial charge >= 0.3 is 0 Å². The number of hydrogen-bond donors (Lipinski definition) is 1. The summed E-state index contributed by atoms with van der Waals surface area (Å²) in [6, 6.07) is 7.69. The van der Waals surface area contributed by atoms with E-state index in [1.54, 1.807) is 0 Å². The van der Waals surface area contributed by atoms with Crippen LogP contribution >= 0.6 is 0 Å². The fraction of sp³-hybridized carbons (Fsp3) is 0.182. The Hall–Kier alpha value is -1.57. The molecule has 0 atom stereocenters. The highest BCUT2D eigenvalue weighted by molar-refractivity contribution is 6.17. The smallest absolute Gasteiger partial charge is 0.248 e. The van der Waals surface area contributed by atoms with Gasteiger partial charge in [-0.2, -0.15) is 0 Å². The van der Waals surface area contributed by atoms with Crippen LogP contribution in [0.25, 0.3) is 5.57 Å². The minimum atomic E-state index is -0.465. The molecule has 0 aliphatic carbocycles. The van der Waals surface area contributed by atoms with Crippen molar-refractivity contribution in [3.63, 3.8) is 0 Å². The van der Waals surface area contributed by atoms with Gasteiger partial charge in [-0.05, 0) is 17.5 Å². The molecule has 2 N–H and O–H groups in total. The minimum Gasteiger partial charge on any atom is -0.366 e. The van der Waals surface area contributed by atoms with Gasteiger partial charge in [0.15, 0.2) is 0 Å². The molecule has 0 aliphatic rings. The van der Waals surface area contributed by atoms with Crippen molar-refractivity contribution in [2.75, 3.05) is 0 Å². The number of amides is 1. The van der Waals surface area contributed by atoms with E-state index in [9.17, 15) is 4.79 Å². The van der Waals surface area contributed by atoms with Gasteiger partial charge < -0.3 is 5.73 Å². The molecule has 2 nitrogen and oxygen atoms in total. The van der Waals surface area contributed by atoms with E-state index in [0.29, 0.717) is 5.57 Å². The predicted octanol–water partition coefficient (Wildman–Crippen LogP) is 1.75. The van der Waals surface area contributed by atoms with Crippen molar-refractivity contribution in [1.29, 1.82) is 0 Å². The fourth-order valence-corrected chi connectivity index (χ4v) is 1.12. The Kier molecular flexibility index (Phi) is 2.85. The standard InChI is InChI=1S/C11H13NO/c1-3-9-5-4-6-10(7-9)8(2)11(12)13/h4-7H,2-3H2,1H3,(H2,12,13). The summed E-state index contributed by atoms with van der Waals surface area (Å²) in [6.07, 6.45) is 0.944. The van der Waals surface area contributed by atoms with Gasteiger partial charge in [-0.25, -0.2) is 0 Å². The first kappa shape index (κ1) is 9.52. The van der Waals surface area contributed by atoms with Gasteiger partial charge in [0.1, 0.15) is 0 Å².